The van der Waals surface area contributed by atoms with Crippen LogP contribution in [0.3, 0.4) is 0 Å². The molecule has 0 radical (unpaired) electrons. The summed E-state index contributed by atoms with van der Waals surface area (Å²) >= 11 is 7.46. The zero-order chi connectivity index (χ0) is 21.8. The summed E-state index contributed by atoms with van der Waals surface area (Å²) in [4.78, 5) is 25.9. The highest BCUT2D eigenvalue weighted by Crippen LogP contribution is 2.32. The summed E-state index contributed by atoms with van der Waals surface area (Å²) < 4.78 is 19.5. The van der Waals surface area contributed by atoms with Gasteiger partial charge in [0.25, 0.3) is 5.91 Å². The van der Waals surface area contributed by atoms with Crippen molar-refractivity contribution in [1.29, 1.82) is 0 Å². The van der Waals surface area contributed by atoms with Gasteiger partial charge in [-0.2, -0.15) is 0 Å². The van der Waals surface area contributed by atoms with Gasteiger partial charge < -0.3 is 4.42 Å². The van der Waals surface area contributed by atoms with Crippen LogP contribution in [0.1, 0.15) is 26.5 Å². The van der Waals surface area contributed by atoms with Gasteiger partial charge in [0, 0.05) is 26.6 Å². The molecular formula is C23H16ClFN2O3S. The topological polar surface area (TPSA) is 71.3 Å². The Morgan fingerprint density at radius 2 is 1.58 bits per heavy atom. The number of para-hydroxylation sites is 1. The first-order valence-corrected chi connectivity index (χ1v) is 10.6. The minimum Gasteiger partial charge on any atom is -0.451 e. The Balaban J connectivity index is 1.54. The lowest BCUT2D eigenvalue weighted by molar-refractivity contribution is 0.0829. The lowest BCUT2D eigenvalue weighted by Gasteiger charge is -2.08. The average Bonchev–Trinajstić information content (AvgIpc) is 3.16. The Morgan fingerprint density at radius 1 is 0.903 bits per heavy atom. The van der Waals surface area contributed by atoms with E-state index in [-0.39, 0.29) is 11.3 Å². The van der Waals surface area contributed by atoms with Crippen molar-refractivity contribution in [3.63, 3.8) is 0 Å². The molecule has 0 atom stereocenters. The molecule has 1 aromatic heterocycles. The number of carbonyl (C=O) groups is 2. The van der Waals surface area contributed by atoms with Crippen molar-refractivity contribution in [2.45, 2.75) is 10.6 Å². The van der Waals surface area contributed by atoms with Crippen LogP contribution in [0.25, 0.3) is 11.0 Å². The van der Waals surface area contributed by atoms with Crippen molar-refractivity contribution < 1.29 is 18.4 Å². The van der Waals surface area contributed by atoms with E-state index in [0.717, 1.165) is 10.3 Å². The molecule has 0 bridgehead atoms. The molecule has 0 aliphatic heterocycles. The fraction of sp³-hybridized carbons (Fsp3) is 0.0435. The number of furan rings is 1. The molecule has 4 rings (SSSR count). The van der Waals surface area contributed by atoms with Crippen molar-refractivity contribution in [1.82, 2.24) is 10.9 Å². The van der Waals surface area contributed by atoms with E-state index in [9.17, 15) is 14.0 Å². The SMILES string of the molecule is O=C(NNC(=O)c1oc2ccccc2c1CSc1ccc(Cl)cc1)c1ccccc1F. The molecule has 0 saturated carbocycles. The van der Waals surface area contributed by atoms with E-state index in [0.29, 0.717) is 21.9 Å². The molecule has 156 valence electrons. The number of thioether (sulfide) groups is 1. The molecule has 3 aromatic carbocycles. The van der Waals surface area contributed by atoms with Gasteiger partial charge in [0.15, 0.2) is 5.76 Å². The monoisotopic (exact) mass is 454 g/mol. The van der Waals surface area contributed by atoms with Crippen molar-refractivity contribution in [3.8, 4) is 0 Å². The molecule has 2 amide bonds. The van der Waals surface area contributed by atoms with Gasteiger partial charge in [0.1, 0.15) is 11.4 Å². The molecule has 0 saturated heterocycles. The smallest absolute Gasteiger partial charge is 0.305 e. The van der Waals surface area contributed by atoms with Crippen molar-refractivity contribution in [3.05, 3.63) is 101 Å². The first kappa shape index (κ1) is 21.0. The Hall–Kier alpha value is -3.29. The number of fused-ring (bicyclic) bond motifs is 1. The standard InChI is InChI=1S/C23H16ClFN2O3S/c24-14-9-11-15(12-10-14)31-13-18-16-5-2-4-8-20(16)30-21(18)23(29)27-26-22(28)17-6-1-3-7-19(17)25/h1-12H,13H2,(H,26,28)(H,27,29). The second-order valence-electron chi connectivity index (χ2n) is 6.54. The first-order chi connectivity index (χ1) is 15.0. The third kappa shape index (κ3) is 4.73. The van der Waals surface area contributed by atoms with Crippen LogP contribution in [0.2, 0.25) is 5.02 Å². The van der Waals surface area contributed by atoms with Crippen LogP contribution in [0, 0.1) is 5.82 Å². The summed E-state index contributed by atoms with van der Waals surface area (Å²) in [5.41, 5.74) is 5.60. The summed E-state index contributed by atoms with van der Waals surface area (Å²) in [6.45, 7) is 0. The minimum atomic E-state index is -0.764. The Kier molecular flexibility index (Phi) is 6.25. The molecule has 0 aliphatic rings. The van der Waals surface area contributed by atoms with Gasteiger partial charge in [-0.15, -0.1) is 11.8 Å². The number of halogens is 2. The second kappa shape index (κ2) is 9.24. The molecule has 0 unspecified atom stereocenters. The Bertz CT molecular complexity index is 1260. The molecule has 5 nitrogen and oxygen atoms in total. The maximum atomic E-state index is 13.8. The number of carbonyl (C=O) groups excluding carboxylic acids is 2. The number of hydrogen-bond donors (Lipinski definition) is 2. The number of amides is 2. The third-order valence-electron chi connectivity index (χ3n) is 4.51. The van der Waals surface area contributed by atoms with Gasteiger partial charge >= 0.3 is 5.91 Å². The third-order valence-corrected chi connectivity index (χ3v) is 5.80. The van der Waals surface area contributed by atoms with Crippen molar-refractivity contribution in [2.75, 3.05) is 0 Å². The van der Waals surface area contributed by atoms with E-state index in [4.69, 9.17) is 16.0 Å². The molecule has 0 spiro atoms. The number of hydrogen-bond acceptors (Lipinski definition) is 4. The van der Waals surface area contributed by atoms with E-state index in [1.54, 1.807) is 18.2 Å². The van der Waals surface area contributed by atoms with Gasteiger partial charge in [-0.05, 0) is 42.5 Å². The summed E-state index contributed by atoms with van der Waals surface area (Å²) in [6.07, 6.45) is 0. The van der Waals surface area contributed by atoms with Crippen molar-refractivity contribution >= 4 is 46.1 Å². The molecule has 1 heterocycles. The van der Waals surface area contributed by atoms with E-state index in [1.807, 2.05) is 30.3 Å². The van der Waals surface area contributed by atoms with Crippen LogP contribution in [0.4, 0.5) is 4.39 Å². The highest BCUT2D eigenvalue weighted by atomic mass is 35.5. The summed E-state index contributed by atoms with van der Waals surface area (Å²) in [5.74, 6) is -1.54. The fourth-order valence-electron chi connectivity index (χ4n) is 2.99. The highest BCUT2D eigenvalue weighted by Gasteiger charge is 2.21. The van der Waals surface area contributed by atoms with Gasteiger partial charge in [0.2, 0.25) is 0 Å². The highest BCUT2D eigenvalue weighted by molar-refractivity contribution is 7.98. The fourth-order valence-corrected chi connectivity index (χ4v) is 4.05. The van der Waals surface area contributed by atoms with Crippen LogP contribution in [0.5, 0.6) is 0 Å². The molecule has 0 aliphatic carbocycles. The molecule has 4 aromatic rings. The van der Waals surface area contributed by atoms with Crippen LogP contribution in [-0.2, 0) is 5.75 Å². The predicted octanol–water partition coefficient (Wildman–Crippen LogP) is 5.59. The summed E-state index contributed by atoms with van der Waals surface area (Å²) in [6, 6.07) is 20.2. The zero-order valence-electron chi connectivity index (χ0n) is 16.0. The Morgan fingerprint density at radius 3 is 2.35 bits per heavy atom. The lowest BCUT2D eigenvalue weighted by atomic mass is 10.1. The zero-order valence-corrected chi connectivity index (χ0v) is 17.6. The van der Waals surface area contributed by atoms with Gasteiger partial charge in [-0.3, -0.25) is 20.4 Å². The maximum Gasteiger partial charge on any atom is 0.305 e. The maximum absolute atomic E-state index is 13.8. The Labute approximate surface area is 186 Å². The molecule has 2 N–H and O–H groups in total. The first-order valence-electron chi connectivity index (χ1n) is 9.27. The van der Waals surface area contributed by atoms with Gasteiger partial charge in [-0.25, -0.2) is 4.39 Å². The molecule has 8 heteroatoms. The normalized spacial score (nSPS) is 10.8. The quantitative estimate of drug-likeness (QED) is 0.304. The van der Waals surface area contributed by atoms with Crippen LogP contribution in [-0.4, -0.2) is 11.8 Å². The van der Waals surface area contributed by atoms with Crippen LogP contribution in [0.15, 0.2) is 82.1 Å². The number of hydrazine groups is 1. The van der Waals surface area contributed by atoms with Crippen LogP contribution >= 0.6 is 23.4 Å². The van der Waals surface area contributed by atoms with E-state index in [1.165, 1.54) is 36.0 Å². The van der Waals surface area contributed by atoms with Gasteiger partial charge in [-0.1, -0.05) is 41.9 Å². The van der Waals surface area contributed by atoms with E-state index in [2.05, 4.69) is 10.9 Å². The van der Waals surface area contributed by atoms with E-state index >= 15 is 0 Å². The second-order valence-corrected chi connectivity index (χ2v) is 8.02. The number of rotatable bonds is 5. The number of nitrogens with one attached hydrogen (secondary N) is 2. The molecular weight excluding hydrogens is 439 g/mol. The van der Waals surface area contributed by atoms with E-state index < -0.39 is 17.6 Å². The van der Waals surface area contributed by atoms with Gasteiger partial charge in [0.05, 0.1) is 5.56 Å². The summed E-state index contributed by atoms with van der Waals surface area (Å²) in [5, 5.41) is 1.44. The van der Waals surface area contributed by atoms with Crippen LogP contribution < -0.4 is 10.9 Å². The van der Waals surface area contributed by atoms with Crippen molar-refractivity contribution in [2.24, 2.45) is 0 Å². The molecule has 0 fully saturated rings. The lowest BCUT2D eigenvalue weighted by Crippen LogP contribution is -2.42. The summed E-state index contributed by atoms with van der Waals surface area (Å²) in [7, 11) is 0. The molecule has 31 heavy (non-hydrogen) atoms. The number of benzene rings is 3. The largest absolute Gasteiger partial charge is 0.451 e. The average molecular weight is 455 g/mol. The minimum absolute atomic E-state index is 0.0801. The predicted molar refractivity (Wildman–Crippen MR) is 119 cm³/mol.